The number of aromatic nitrogens is 4. The Hall–Kier alpha value is -2.50. The van der Waals surface area contributed by atoms with Gasteiger partial charge in [0.2, 0.25) is 5.91 Å². The first-order chi connectivity index (χ1) is 14.0. The highest BCUT2D eigenvalue weighted by Crippen LogP contribution is 2.22. The van der Waals surface area contributed by atoms with Gasteiger partial charge < -0.3 is 15.2 Å². The molecule has 2 N–H and O–H groups in total. The van der Waals surface area contributed by atoms with Gasteiger partial charge in [-0.2, -0.15) is 0 Å². The number of nitrogens with one attached hydrogen (secondary N) is 2. The molecule has 8 nitrogen and oxygen atoms in total. The molecule has 1 atom stereocenters. The third-order valence-electron chi connectivity index (χ3n) is 3.73. The lowest BCUT2D eigenvalue weighted by molar-refractivity contribution is -0.113. The van der Waals surface area contributed by atoms with Gasteiger partial charge in [0.05, 0.1) is 22.4 Å². The number of rotatable bonds is 9. The van der Waals surface area contributed by atoms with E-state index in [1.54, 1.807) is 12.1 Å². The minimum absolute atomic E-state index is 0.159. The maximum atomic E-state index is 12.3. The van der Waals surface area contributed by atoms with Crippen LogP contribution in [0.25, 0.3) is 0 Å². The summed E-state index contributed by atoms with van der Waals surface area (Å²) in [6, 6.07) is 3.25. The number of thioether (sulfide) groups is 1. The van der Waals surface area contributed by atoms with Crippen molar-refractivity contribution in [2.24, 2.45) is 0 Å². The maximum Gasteiger partial charge on any atom is 0.261 e. The predicted octanol–water partition coefficient (Wildman–Crippen LogP) is 3.51. The zero-order valence-electron chi connectivity index (χ0n) is 15.9. The molecule has 0 aliphatic heterocycles. The summed E-state index contributed by atoms with van der Waals surface area (Å²) in [6.45, 7) is 7.97. The van der Waals surface area contributed by atoms with Crippen LogP contribution in [-0.4, -0.2) is 37.3 Å². The number of anilines is 1. The monoisotopic (exact) mass is 448 g/mol. The van der Waals surface area contributed by atoms with Gasteiger partial charge in [-0.3, -0.25) is 9.59 Å². The standard InChI is InChI=1S/C18H20N6O2S3/c1-4-7-24-15(12(3)20-16(26)13-6-5-8-27-13)22-23-18(24)29-10-14(25)21-17-19-11(2)9-28-17/h4-6,8-9,12H,1,7,10H2,2-3H3,(H,20,26)(H,19,21,25)/t12-/m1/s1. The average molecular weight is 449 g/mol. The Kier molecular flexibility index (Phi) is 7.18. The van der Waals surface area contributed by atoms with E-state index in [2.05, 4.69) is 32.4 Å². The largest absolute Gasteiger partial charge is 0.342 e. The smallest absolute Gasteiger partial charge is 0.261 e. The van der Waals surface area contributed by atoms with Crippen LogP contribution in [-0.2, 0) is 11.3 Å². The molecule has 0 saturated heterocycles. The number of amides is 2. The molecule has 3 aromatic heterocycles. The molecule has 0 fully saturated rings. The lowest BCUT2D eigenvalue weighted by atomic mass is 10.3. The molecule has 0 bridgehead atoms. The lowest BCUT2D eigenvalue weighted by Gasteiger charge is -2.14. The molecule has 0 radical (unpaired) electrons. The van der Waals surface area contributed by atoms with Crippen molar-refractivity contribution in [3.05, 3.63) is 51.9 Å². The highest BCUT2D eigenvalue weighted by molar-refractivity contribution is 7.99. The molecule has 0 saturated carbocycles. The third-order valence-corrected chi connectivity index (χ3v) is 6.45. The molecule has 11 heteroatoms. The molecule has 3 heterocycles. The topological polar surface area (TPSA) is 102 Å². The maximum absolute atomic E-state index is 12.3. The first-order valence-electron chi connectivity index (χ1n) is 8.71. The Labute approximate surface area is 180 Å². The molecule has 0 aromatic carbocycles. The summed E-state index contributed by atoms with van der Waals surface area (Å²) in [5, 5.41) is 19.0. The summed E-state index contributed by atoms with van der Waals surface area (Å²) < 4.78 is 1.85. The molecule has 0 aliphatic rings. The van der Waals surface area contributed by atoms with Crippen LogP contribution in [0.15, 0.2) is 40.7 Å². The van der Waals surface area contributed by atoms with Crippen LogP contribution in [0.1, 0.15) is 34.2 Å². The molecule has 3 rings (SSSR count). The quantitative estimate of drug-likeness (QED) is 0.384. The second-order valence-electron chi connectivity index (χ2n) is 6.04. The Morgan fingerprint density at radius 1 is 1.38 bits per heavy atom. The van der Waals surface area contributed by atoms with Crippen LogP contribution in [0.2, 0.25) is 0 Å². The fourth-order valence-electron chi connectivity index (χ4n) is 2.46. The number of allylic oxidation sites excluding steroid dienone is 1. The number of carbonyl (C=O) groups excluding carboxylic acids is 2. The number of aryl methyl sites for hydroxylation is 1. The van der Waals surface area contributed by atoms with Gasteiger partial charge in [0.1, 0.15) is 0 Å². The number of hydrogen-bond acceptors (Lipinski definition) is 8. The van der Waals surface area contributed by atoms with Crippen molar-refractivity contribution >= 4 is 51.4 Å². The second kappa shape index (κ2) is 9.81. The van der Waals surface area contributed by atoms with Crippen molar-refractivity contribution in [2.45, 2.75) is 31.6 Å². The van der Waals surface area contributed by atoms with E-state index in [-0.39, 0.29) is 23.6 Å². The van der Waals surface area contributed by atoms with Gasteiger partial charge in [0, 0.05) is 11.9 Å². The van der Waals surface area contributed by atoms with Crippen LogP contribution in [0.5, 0.6) is 0 Å². The van der Waals surface area contributed by atoms with E-state index >= 15 is 0 Å². The van der Waals surface area contributed by atoms with E-state index in [9.17, 15) is 9.59 Å². The fraction of sp³-hybridized carbons (Fsp3) is 0.278. The number of thiazole rings is 1. The third kappa shape index (κ3) is 5.52. The number of hydrogen-bond donors (Lipinski definition) is 2. The molecule has 0 spiro atoms. The van der Waals surface area contributed by atoms with Crippen molar-refractivity contribution in [3.8, 4) is 0 Å². The second-order valence-corrected chi connectivity index (χ2v) is 8.79. The number of carbonyl (C=O) groups is 2. The summed E-state index contributed by atoms with van der Waals surface area (Å²) in [4.78, 5) is 29.4. The molecular weight excluding hydrogens is 428 g/mol. The Balaban J connectivity index is 1.65. The molecular formula is C18H20N6O2S3. The van der Waals surface area contributed by atoms with Gasteiger partial charge in [0.15, 0.2) is 16.1 Å². The van der Waals surface area contributed by atoms with E-state index in [1.807, 2.05) is 35.2 Å². The number of thiophene rings is 1. The van der Waals surface area contributed by atoms with Gasteiger partial charge >= 0.3 is 0 Å². The SMILES string of the molecule is C=CCn1c(SCC(=O)Nc2nc(C)cs2)nnc1[C@@H](C)NC(=O)c1cccs1. The average Bonchev–Trinajstić information content (AvgIpc) is 3.42. The van der Waals surface area contributed by atoms with Crippen molar-refractivity contribution in [1.29, 1.82) is 0 Å². The molecule has 152 valence electrons. The zero-order valence-corrected chi connectivity index (χ0v) is 18.4. The molecule has 0 aliphatic carbocycles. The highest BCUT2D eigenvalue weighted by Gasteiger charge is 2.21. The molecule has 29 heavy (non-hydrogen) atoms. The van der Waals surface area contributed by atoms with Crippen molar-refractivity contribution in [2.75, 3.05) is 11.1 Å². The van der Waals surface area contributed by atoms with E-state index in [4.69, 9.17) is 0 Å². The van der Waals surface area contributed by atoms with Crippen LogP contribution >= 0.6 is 34.4 Å². The number of nitrogens with zero attached hydrogens (tertiary/aromatic N) is 4. The zero-order chi connectivity index (χ0) is 20.8. The van der Waals surface area contributed by atoms with Crippen molar-refractivity contribution in [1.82, 2.24) is 25.1 Å². The minimum atomic E-state index is -0.349. The summed E-state index contributed by atoms with van der Waals surface area (Å²) in [7, 11) is 0. The Bertz CT molecular complexity index is 995. The van der Waals surface area contributed by atoms with Gasteiger partial charge in [-0.15, -0.1) is 39.4 Å². The van der Waals surface area contributed by atoms with Gasteiger partial charge in [-0.1, -0.05) is 23.9 Å². The molecule has 2 amide bonds. The Morgan fingerprint density at radius 2 is 2.21 bits per heavy atom. The normalized spacial score (nSPS) is 11.8. The van der Waals surface area contributed by atoms with Crippen molar-refractivity contribution in [3.63, 3.8) is 0 Å². The van der Waals surface area contributed by atoms with E-state index in [0.29, 0.717) is 27.5 Å². The summed E-state index contributed by atoms with van der Waals surface area (Å²) in [5.74, 6) is 0.448. The highest BCUT2D eigenvalue weighted by atomic mass is 32.2. The molecule has 0 unspecified atom stereocenters. The fourth-order valence-corrected chi connectivity index (χ4v) is 4.55. The first-order valence-corrected chi connectivity index (χ1v) is 11.5. The molecule has 3 aromatic rings. The van der Waals surface area contributed by atoms with E-state index in [0.717, 1.165) is 5.69 Å². The van der Waals surface area contributed by atoms with Gasteiger partial charge in [0.25, 0.3) is 5.91 Å². The van der Waals surface area contributed by atoms with E-state index < -0.39 is 0 Å². The first kappa shape index (κ1) is 21.2. The summed E-state index contributed by atoms with van der Waals surface area (Å²) >= 11 is 4.03. The van der Waals surface area contributed by atoms with E-state index in [1.165, 1.54) is 34.4 Å². The van der Waals surface area contributed by atoms with Crippen LogP contribution in [0, 0.1) is 6.92 Å². The summed E-state index contributed by atoms with van der Waals surface area (Å²) in [6.07, 6.45) is 1.73. The Morgan fingerprint density at radius 3 is 2.86 bits per heavy atom. The van der Waals surface area contributed by atoms with Gasteiger partial charge in [-0.25, -0.2) is 4.98 Å². The summed E-state index contributed by atoms with van der Waals surface area (Å²) in [5.41, 5.74) is 0.868. The van der Waals surface area contributed by atoms with Crippen molar-refractivity contribution < 1.29 is 9.59 Å². The van der Waals surface area contributed by atoms with Crippen LogP contribution in [0.3, 0.4) is 0 Å². The minimum Gasteiger partial charge on any atom is -0.342 e. The lowest BCUT2D eigenvalue weighted by Crippen LogP contribution is -2.28. The van der Waals surface area contributed by atoms with Gasteiger partial charge in [-0.05, 0) is 25.3 Å². The van der Waals surface area contributed by atoms with Crippen LogP contribution < -0.4 is 10.6 Å². The predicted molar refractivity (Wildman–Crippen MR) is 117 cm³/mol. The van der Waals surface area contributed by atoms with Crippen LogP contribution in [0.4, 0.5) is 5.13 Å².